The van der Waals surface area contributed by atoms with Gasteiger partial charge in [0, 0.05) is 19.2 Å². The van der Waals surface area contributed by atoms with E-state index < -0.39 is 29.3 Å². The SMILES string of the molecule is Cc1ccc(CN2C(=O)NC(=O)[C@]3(Cc4c(nc5c(C)cccn5c4=O)N4CCCCC[C@@H]43)C2=O)cc1. The zero-order valence-corrected chi connectivity index (χ0v) is 21.0. The van der Waals surface area contributed by atoms with Crippen molar-refractivity contribution in [2.24, 2.45) is 5.41 Å². The molecular formula is C28H29N5O4. The highest BCUT2D eigenvalue weighted by molar-refractivity contribution is 6.20. The van der Waals surface area contributed by atoms with Crippen LogP contribution in [-0.4, -0.2) is 44.7 Å². The molecule has 0 saturated carbocycles. The topological polar surface area (TPSA) is 104 Å². The summed E-state index contributed by atoms with van der Waals surface area (Å²) < 4.78 is 1.49. The van der Waals surface area contributed by atoms with Gasteiger partial charge in [-0.05, 0) is 43.9 Å². The smallest absolute Gasteiger partial charge is 0.331 e. The maximum atomic E-state index is 14.3. The van der Waals surface area contributed by atoms with E-state index in [9.17, 15) is 19.2 Å². The third-order valence-corrected chi connectivity index (χ3v) is 8.13. The lowest BCUT2D eigenvalue weighted by Crippen LogP contribution is -2.72. The number of aryl methyl sites for hydroxylation is 2. The van der Waals surface area contributed by atoms with E-state index in [-0.39, 0.29) is 18.5 Å². The Balaban J connectivity index is 1.52. The molecule has 0 unspecified atom stereocenters. The first-order valence-corrected chi connectivity index (χ1v) is 12.8. The quantitative estimate of drug-likeness (QED) is 0.544. The lowest BCUT2D eigenvalue weighted by atomic mass is 9.68. The third-order valence-electron chi connectivity index (χ3n) is 8.13. The number of nitrogens with zero attached hydrogens (tertiary/aromatic N) is 4. The summed E-state index contributed by atoms with van der Waals surface area (Å²) in [5.41, 5.74) is 1.77. The molecule has 9 nitrogen and oxygen atoms in total. The van der Waals surface area contributed by atoms with Crippen LogP contribution in [0.5, 0.6) is 0 Å². The number of pyridine rings is 1. The molecule has 0 bridgehead atoms. The van der Waals surface area contributed by atoms with E-state index in [1.165, 1.54) is 4.40 Å². The molecule has 2 fully saturated rings. The third kappa shape index (κ3) is 3.48. The van der Waals surface area contributed by atoms with Gasteiger partial charge in [-0.15, -0.1) is 0 Å². The van der Waals surface area contributed by atoms with Gasteiger partial charge in [-0.3, -0.25) is 29.0 Å². The molecule has 0 radical (unpaired) electrons. The number of anilines is 1. The predicted octanol–water partition coefficient (Wildman–Crippen LogP) is 2.88. The normalized spacial score (nSPS) is 23.6. The van der Waals surface area contributed by atoms with Gasteiger partial charge in [0.15, 0.2) is 5.41 Å². The number of nitrogens with one attached hydrogen (secondary N) is 1. The molecule has 190 valence electrons. The van der Waals surface area contributed by atoms with Crippen LogP contribution in [0.2, 0.25) is 0 Å². The molecule has 6 rings (SSSR count). The second-order valence-electron chi connectivity index (χ2n) is 10.4. The molecule has 1 N–H and O–H groups in total. The number of fused-ring (bicyclic) bond motifs is 5. The number of aromatic nitrogens is 2. The first-order valence-electron chi connectivity index (χ1n) is 12.8. The summed E-state index contributed by atoms with van der Waals surface area (Å²) in [5, 5.41) is 2.47. The Morgan fingerprint density at radius 2 is 1.81 bits per heavy atom. The Kier molecular flexibility index (Phi) is 5.40. The summed E-state index contributed by atoms with van der Waals surface area (Å²) in [6.07, 6.45) is 4.83. The summed E-state index contributed by atoms with van der Waals surface area (Å²) in [4.78, 5) is 62.7. The van der Waals surface area contributed by atoms with E-state index in [4.69, 9.17) is 4.98 Å². The highest BCUT2D eigenvalue weighted by Gasteiger charge is 2.62. The number of hydrogen-bond acceptors (Lipinski definition) is 6. The van der Waals surface area contributed by atoms with Crippen molar-refractivity contribution in [1.29, 1.82) is 0 Å². The lowest BCUT2D eigenvalue weighted by molar-refractivity contribution is -0.154. The van der Waals surface area contributed by atoms with Crippen LogP contribution in [0.15, 0.2) is 47.4 Å². The molecule has 37 heavy (non-hydrogen) atoms. The van der Waals surface area contributed by atoms with Gasteiger partial charge in [-0.2, -0.15) is 0 Å². The highest BCUT2D eigenvalue weighted by atomic mass is 16.2. The van der Waals surface area contributed by atoms with E-state index in [2.05, 4.69) is 5.32 Å². The molecule has 2 atom stereocenters. The predicted molar refractivity (Wildman–Crippen MR) is 137 cm³/mol. The van der Waals surface area contributed by atoms with E-state index >= 15 is 0 Å². The van der Waals surface area contributed by atoms with Crippen LogP contribution in [0, 0.1) is 19.3 Å². The summed E-state index contributed by atoms with van der Waals surface area (Å²) in [5.74, 6) is -0.614. The van der Waals surface area contributed by atoms with Crippen LogP contribution in [-0.2, 0) is 22.6 Å². The van der Waals surface area contributed by atoms with Crippen molar-refractivity contribution in [3.63, 3.8) is 0 Å². The Hall–Kier alpha value is -4.01. The van der Waals surface area contributed by atoms with E-state index in [0.29, 0.717) is 30.0 Å². The van der Waals surface area contributed by atoms with Crippen molar-refractivity contribution in [2.75, 3.05) is 11.4 Å². The minimum Gasteiger partial charge on any atom is -0.352 e. The Labute approximate surface area is 214 Å². The van der Waals surface area contributed by atoms with Crippen molar-refractivity contribution in [2.45, 2.75) is 58.5 Å². The second kappa shape index (κ2) is 8.54. The average Bonchev–Trinajstić information content (AvgIpc) is 3.14. The first-order chi connectivity index (χ1) is 17.8. The van der Waals surface area contributed by atoms with Gasteiger partial charge in [-0.25, -0.2) is 9.78 Å². The molecule has 3 aliphatic rings. The molecule has 2 saturated heterocycles. The molecule has 0 aliphatic carbocycles. The minimum absolute atomic E-state index is 0.0493. The Morgan fingerprint density at radius 1 is 1.03 bits per heavy atom. The molecule has 3 aromatic rings. The Morgan fingerprint density at radius 3 is 2.59 bits per heavy atom. The minimum atomic E-state index is -1.59. The van der Waals surface area contributed by atoms with Crippen molar-refractivity contribution in [3.05, 3.63) is 75.2 Å². The monoisotopic (exact) mass is 499 g/mol. The van der Waals surface area contributed by atoms with Gasteiger partial charge in [0.1, 0.15) is 11.5 Å². The van der Waals surface area contributed by atoms with E-state index in [0.717, 1.165) is 40.9 Å². The summed E-state index contributed by atoms with van der Waals surface area (Å²) in [6.45, 7) is 4.51. The lowest BCUT2D eigenvalue weighted by Gasteiger charge is -2.50. The van der Waals surface area contributed by atoms with Crippen LogP contribution in [0.1, 0.15) is 47.9 Å². The largest absolute Gasteiger partial charge is 0.352 e. The fraction of sp³-hybridized carbons (Fsp3) is 0.393. The zero-order chi connectivity index (χ0) is 25.9. The maximum absolute atomic E-state index is 14.3. The number of rotatable bonds is 2. The fourth-order valence-corrected chi connectivity index (χ4v) is 6.16. The molecular weight excluding hydrogens is 470 g/mol. The molecule has 1 aromatic carbocycles. The summed E-state index contributed by atoms with van der Waals surface area (Å²) in [7, 11) is 0. The van der Waals surface area contributed by atoms with Gasteiger partial charge in [0.25, 0.3) is 5.56 Å². The first kappa shape index (κ1) is 23.4. The van der Waals surface area contributed by atoms with Crippen LogP contribution in [0.25, 0.3) is 5.65 Å². The number of imide groups is 2. The molecule has 1 spiro atoms. The van der Waals surface area contributed by atoms with Crippen LogP contribution < -0.4 is 15.8 Å². The van der Waals surface area contributed by atoms with Crippen LogP contribution in [0.3, 0.4) is 0 Å². The van der Waals surface area contributed by atoms with Crippen molar-refractivity contribution in [3.8, 4) is 0 Å². The summed E-state index contributed by atoms with van der Waals surface area (Å²) in [6, 6.07) is 10.1. The fourth-order valence-electron chi connectivity index (χ4n) is 6.16. The number of carbonyl (C=O) groups excluding carboxylic acids is 3. The van der Waals surface area contributed by atoms with Crippen molar-refractivity contribution in [1.82, 2.24) is 19.6 Å². The Bertz CT molecular complexity index is 1510. The van der Waals surface area contributed by atoms with Crippen molar-refractivity contribution < 1.29 is 14.4 Å². The highest BCUT2D eigenvalue weighted by Crippen LogP contribution is 2.46. The number of benzene rings is 1. The standard InChI is InChI=1S/C28H29N5O4/c1-17-9-11-19(12-10-17)16-33-26(36)28(25(35)30-27(33)37)15-20-23(31-13-5-3-4-8-21(28)31)29-22-18(2)7-6-14-32(22)24(20)34/h6-7,9-12,14,21H,3-5,8,13,15-16H2,1-2H3,(H,30,35,37)/t21-,28-/m1/s1. The number of amides is 4. The van der Waals surface area contributed by atoms with E-state index in [1.807, 2.05) is 49.1 Å². The zero-order valence-electron chi connectivity index (χ0n) is 21.0. The summed E-state index contributed by atoms with van der Waals surface area (Å²) >= 11 is 0. The number of carbonyl (C=O) groups is 3. The van der Waals surface area contributed by atoms with Crippen LogP contribution in [0.4, 0.5) is 10.6 Å². The van der Waals surface area contributed by atoms with Gasteiger partial charge >= 0.3 is 6.03 Å². The van der Waals surface area contributed by atoms with Gasteiger partial charge in [0.05, 0.1) is 18.2 Å². The van der Waals surface area contributed by atoms with Crippen LogP contribution >= 0.6 is 0 Å². The number of barbiturate groups is 1. The van der Waals surface area contributed by atoms with Gasteiger partial charge in [0.2, 0.25) is 11.8 Å². The maximum Gasteiger partial charge on any atom is 0.331 e. The van der Waals surface area contributed by atoms with Gasteiger partial charge in [-0.1, -0.05) is 48.7 Å². The average molecular weight is 500 g/mol. The molecule has 4 amide bonds. The molecule has 2 aromatic heterocycles. The molecule has 5 heterocycles. The van der Waals surface area contributed by atoms with Gasteiger partial charge < -0.3 is 4.90 Å². The number of hydrogen-bond donors (Lipinski definition) is 1. The van der Waals surface area contributed by atoms with E-state index in [1.54, 1.807) is 12.3 Å². The van der Waals surface area contributed by atoms with Crippen molar-refractivity contribution >= 4 is 29.3 Å². The number of urea groups is 1. The molecule has 3 aliphatic heterocycles. The molecule has 9 heteroatoms. The second-order valence-corrected chi connectivity index (χ2v) is 10.4.